The molecule has 0 radical (unpaired) electrons. The Morgan fingerprint density at radius 3 is 2.64 bits per heavy atom. The minimum atomic E-state index is -0.417. The number of aromatic nitrogens is 2. The molecule has 2 aromatic carbocycles. The van der Waals surface area contributed by atoms with Crippen LogP contribution in [0, 0.1) is 21.7 Å². The molecule has 3 N–H and O–H groups in total. The monoisotopic (exact) mass is 395 g/mol. The van der Waals surface area contributed by atoms with Gasteiger partial charge < -0.3 is 0 Å². The molecule has 142 valence electrons. The van der Waals surface area contributed by atoms with E-state index in [-0.39, 0.29) is 5.69 Å². The maximum atomic E-state index is 10.8. The number of nitrogens with one attached hydrogen (secondary N) is 3. The zero-order chi connectivity index (χ0) is 19.7. The van der Waals surface area contributed by atoms with Gasteiger partial charge in [-0.25, -0.2) is 10.2 Å². The largest absolute Gasteiger partial charge is 0.299 e. The number of benzene rings is 2. The number of non-ortho nitro benzene ring substituents is 1. The highest BCUT2D eigenvalue weighted by atomic mass is 32.1. The number of hydrazone groups is 1. The molecule has 0 fully saturated rings. The molecule has 0 atom stereocenters. The van der Waals surface area contributed by atoms with E-state index in [4.69, 9.17) is 12.2 Å². The Morgan fingerprint density at radius 1 is 1.18 bits per heavy atom. The van der Waals surface area contributed by atoms with E-state index in [9.17, 15) is 10.1 Å². The molecule has 28 heavy (non-hydrogen) atoms. The lowest BCUT2D eigenvalue weighted by atomic mass is 10.2. The lowest BCUT2D eigenvalue weighted by molar-refractivity contribution is -0.384. The molecule has 10 heteroatoms. The van der Waals surface area contributed by atoms with Gasteiger partial charge in [-0.05, 0) is 24.1 Å². The lowest BCUT2D eigenvalue weighted by Crippen LogP contribution is -2.40. The van der Waals surface area contributed by atoms with Gasteiger partial charge >= 0.3 is 0 Å². The third kappa shape index (κ3) is 3.26. The van der Waals surface area contributed by atoms with Crippen LogP contribution < -0.4 is 11.1 Å². The Kier molecular flexibility index (Phi) is 4.63. The summed E-state index contributed by atoms with van der Waals surface area (Å²) in [6, 6.07) is 14.4. The number of hydrogen-bond donors (Lipinski definition) is 3. The van der Waals surface area contributed by atoms with Crippen molar-refractivity contribution in [2.75, 3.05) is 0 Å². The van der Waals surface area contributed by atoms with E-state index in [2.05, 4.69) is 21.3 Å². The van der Waals surface area contributed by atoms with E-state index in [1.165, 1.54) is 12.1 Å². The fourth-order valence-electron chi connectivity index (χ4n) is 3.00. The number of nitro benzene ring substituents is 1. The third-order valence-electron chi connectivity index (χ3n) is 4.46. The summed E-state index contributed by atoms with van der Waals surface area (Å²) in [5, 5.41) is 20.1. The lowest BCUT2D eigenvalue weighted by Gasteiger charge is -2.18. The summed E-state index contributed by atoms with van der Waals surface area (Å²) in [5.41, 5.74) is 9.48. The highest BCUT2D eigenvalue weighted by Crippen LogP contribution is 2.19. The number of hydrazine groups is 2. The number of aryl methyl sites for hydroxylation is 1. The Balaban J connectivity index is 1.60. The van der Waals surface area contributed by atoms with Crippen LogP contribution in [0.1, 0.15) is 16.7 Å². The van der Waals surface area contributed by atoms with Crippen LogP contribution in [0.3, 0.4) is 0 Å². The summed E-state index contributed by atoms with van der Waals surface area (Å²) >= 11 is 5.66. The van der Waals surface area contributed by atoms with Crippen molar-refractivity contribution < 1.29 is 4.92 Å². The molecule has 9 nitrogen and oxygen atoms in total. The fraction of sp³-hybridized carbons (Fsp3) is 0.111. The molecule has 0 saturated heterocycles. The van der Waals surface area contributed by atoms with Crippen LogP contribution in [-0.2, 0) is 6.54 Å². The third-order valence-corrected chi connectivity index (χ3v) is 4.86. The van der Waals surface area contributed by atoms with Crippen molar-refractivity contribution in [2.45, 2.75) is 13.5 Å². The Hall–Kier alpha value is -3.50. The number of para-hydroxylation sites is 1. The second kappa shape index (κ2) is 7.25. The molecule has 0 aliphatic carbocycles. The van der Waals surface area contributed by atoms with Gasteiger partial charge in [-0.1, -0.05) is 42.5 Å². The Morgan fingerprint density at radius 2 is 1.93 bits per heavy atom. The maximum absolute atomic E-state index is 10.8. The molecule has 0 amide bonds. The highest BCUT2D eigenvalue weighted by Gasteiger charge is 2.22. The van der Waals surface area contributed by atoms with Crippen molar-refractivity contribution in [3.05, 3.63) is 86.2 Å². The first-order valence-corrected chi connectivity index (χ1v) is 8.91. The quantitative estimate of drug-likeness (QED) is 0.349. The van der Waals surface area contributed by atoms with E-state index in [0.29, 0.717) is 17.0 Å². The first-order valence-electron chi connectivity index (χ1n) is 8.50. The molecule has 0 bridgehead atoms. The van der Waals surface area contributed by atoms with Crippen LogP contribution in [-0.4, -0.2) is 25.5 Å². The summed E-state index contributed by atoms with van der Waals surface area (Å²) in [5.74, 6) is 0.631. The second-order valence-corrected chi connectivity index (χ2v) is 6.67. The number of aromatic amines is 1. The van der Waals surface area contributed by atoms with Gasteiger partial charge in [-0.15, -0.1) is 10.6 Å². The Bertz CT molecular complexity index is 1120. The van der Waals surface area contributed by atoms with E-state index in [1.807, 2.05) is 42.1 Å². The van der Waals surface area contributed by atoms with Crippen LogP contribution in [0.4, 0.5) is 5.69 Å². The molecular weight excluding hydrogens is 378 g/mol. The molecule has 3 aromatic rings. The molecule has 4 rings (SSSR count). The summed E-state index contributed by atoms with van der Waals surface area (Å²) in [7, 11) is 0. The van der Waals surface area contributed by atoms with Crippen LogP contribution in [0.25, 0.3) is 5.69 Å². The van der Waals surface area contributed by atoms with Gasteiger partial charge in [0.15, 0.2) is 5.84 Å². The van der Waals surface area contributed by atoms with Crippen LogP contribution >= 0.6 is 12.2 Å². The number of hydrogen-bond acceptors (Lipinski definition) is 7. The zero-order valence-corrected chi connectivity index (χ0v) is 15.7. The second-order valence-electron chi connectivity index (χ2n) is 6.28. The van der Waals surface area contributed by atoms with E-state index < -0.39 is 4.92 Å². The molecule has 1 aromatic heterocycles. The first-order chi connectivity index (χ1) is 13.5. The minimum absolute atomic E-state index is 0.0582. The molecule has 1 aliphatic heterocycles. The summed E-state index contributed by atoms with van der Waals surface area (Å²) < 4.78 is 2.44. The smallest absolute Gasteiger partial charge is 0.269 e. The van der Waals surface area contributed by atoms with Crippen molar-refractivity contribution in [1.82, 2.24) is 25.9 Å². The average molecular weight is 395 g/mol. The van der Waals surface area contributed by atoms with Crippen molar-refractivity contribution in [1.29, 1.82) is 0 Å². The SMILES string of the molecule is Cc1ccccc1-n1[nH]cc(C2=NNNN2Cc2ccc([N+](=O)[O-])cc2)c1=S. The van der Waals surface area contributed by atoms with Crippen LogP contribution in [0.5, 0.6) is 0 Å². The fourth-order valence-corrected chi connectivity index (χ4v) is 3.30. The van der Waals surface area contributed by atoms with Gasteiger partial charge in [-0.3, -0.25) is 20.2 Å². The van der Waals surface area contributed by atoms with Gasteiger partial charge in [0.05, 0.1) is 22.7 Å². The van der Waals surface area contributed by atoms with E-state index in [0.717, 1.165) is 22.4 Å². The van der Waals surface area contributed by atoms with E-state index >= 15 is 0 Å². The standard InChI is InChI=1S/C18H17N7O2S/c1-12-4-2-3-5-16(12)24-18(28)15(10-19-24)17-20-21-22-23(17)11-13-6-8-14(9-7-13)25(26)27/h2-10,19,21-22H,11H2,1H3. The van der Waals surface area contributed by atoms with Gasteiger partial charge in [0.2, 0.25) is 0 Å². The highest BCUT2D eigenvalue weighted by molar-refractivity contribution is 7.71. The number of rotatable bonds is 5. The zero-order valence-electron chi connectivity index (χ0n) is 14.9. The molecule has 0 spiro atoms. The van der Waals surface area contributed by atoms with Crippen molar-refractivity contribution in [3.63, 3.8) is 0 Å². The summed E-state index contributed by atoms with van der Waals surface area (Å²) in [6.07, 6.45) is 1.81. The molecule has 0 saturated carbocycles. The van der Waals surface area contributed by atoms with E-state index in [1.54, 1.807) is 17.1 Å². The van der Waals surface area contributed by atoms with Gasteiger partial charge in [0.25, 0.3) is 5.69 Å². The van der Waals surface area contributed by atoms with Crippen molar-refractivity contribution in [3.8, 4) is 5.69 Å². The molecule has 2 heterocycles. The Labute approximate surface area is 165 Å². The summed E-state index contributed by atoms with van der Waals surface area (Å²) in [6.45, 7) is 2.48. The molecule has 0 unspecified atom stereocenters. The molecule has 1 aliphatic rings. The minimum Gasteiger partial charge on any atom is -0.299 e. The number of H-pyrrole nitrogens is 1. The predicted molar refractivity (Wildman–Crippen MR) is 107 cm³/mol. The van der Waals surface area contributed by atoms with Gasteiger partial charge in [0.1, 0.15) is 4.64 Å². The number of amidine groups is 1. The van der Waals surface area contributed by atoms with Crippen molar-refractivity contribution >= 4 is 23.7 Å². The molecular formula is C18H17N7O2S. The maximum Gasteiger partial charge on any atom is 0.269 e. The number of nitro groups is 1. The number of nitrogens with zero attached hydrogens (tertiary/aromatic N) is 4. The van der Waals surface area contributed by atoms with Crippen LogP contribution in [0.15, 0.2) is 59.8 Å². The van der Waals surface area contributed by atoms with Crippen LogP contribution in [0.2, 0.25) is 0 Å². The summed E-state index contributed by atoms with van der Waals surface area (Å²) in [4.78, 5) is 10.4. The van der Waals surface area contributed by atoms with Gasteiger partial charge in [0, 0.05) is 18.3 Å². The first kappa shape index (κ1) is 17.9. The predicted octanol–water partition coefficient (Wildman–Crippen LogP) is 2.94. The van der Waals surface area contributed by atoms with Gasteiger partial charge in [-0.2, -0.15) is 0 Å². The van der Waals surface area contributed by atoms with Crippen molar-refractivity contribution in [2.24, 2.45) is 5.10 Å². The topological polar surface area (TPSA) is 104 Å². The normalized spacial score (nSPS) is 13.3. The average Bonchev–Trinajstić information content (AvgIpc) is 3.29.